The van der Waals surface area contributed by atoms with Crippen molar-refractivity contribution in [2.45, 2.75) is 24.8 Å². The predicted molar refractivity (Wildman–Crippen MR) is 128 cm³/mol. The standard InChI is InChI=1S/C25H25Cl2N3O3/c1-24(32,15-28-2)17-6-11-22-21(12-17)23(31)30(14-20-10-9-19(27)13-29-20)25(22,33-3)16-4-7-18(26)8-5-16/h4-13,28,32H,14-15H2,1-3H3/t24?,25-/m1/s1. The number of amides is 1. The molecule has 3 aromatic rings. The number of nitrogens with one attached hydrogen (secondary N) is 1. The molecule has 33 heavy (non-hydrogen) atoms. The second-order valence-corrected chi connectivity index (χ2v) is 9.15. The van der Waals surface area contributed by atoms with E-state index >= 15 is 0 Å². The van der Waals surface area contributed by atoms with Crippen LogP contribution < -0.4 is 5.32 Å². The van der Waals surface area contributed by atoms with E-state index in [1.807, 2.05) is 24.3 Å². The molecule has 0 bridgehead atoms. The molecular formula is C25H25Cl2N3O3. The Kier molecular flexibility index (Phi) is 6.49. The molecule has 1 unspecified atom stereocenters. The Hall–Kier alpha value is -2.48. The maximum atomic E-state index is 13.8. The number of pyridine rings is 1. The smallest absolute Gasteiger partial charge is 0.257 e. The maximum Gasteiger partial charge on any atom is 0.257 e. The highest BCUT2D eigenvalue weighted by molar-refractivity contribution is 6.30. The Labute approximate surface area is 203 Å². The fourth-order valence-electron chi connectivity index (χ4n) is 4.40. The number of carbonyl (C=O) groups excluding carboxylic acids is 1. The molecule has 1 aromatic heterocycles. The number of halogens is 2. The third-order valence-electron chi connectivity index (χ3n) is 6.02. The number of aliphatic hydroxyl groups is 1. The topological polar surface area (TPSA) is 74.7 Å². The summed E-state index contributed by atoms with van der Waals surface area (Å²) >= 11 is 12.1. The zero-order valence-corrected chi connectivity index (χ0v) is 20.1. The second kappa shape index (κ2) is 9.05. The summed E-state index contributed by atoms with van der Waals surface area (Å²) in [5.41, 5.74) is 0.877. The first kappa shape index (κ1) is 23.7. The lowest BCUT2D eigenvalue weighted by atomic mass is 9.88. The van der Waals surface area contributed by atoms with E-state index in [1.54, 1.807) is 62.5 Å². The molecule has 8 heteroatoms. The molecule has 1 amide bonds. The highest BCUT2D eigenvalue weighted by atomic mass is 35.5. The van der Waals surface area contributed by atoms with Gasteiger partial charge in [0.1, 0.15) is 0 Å². The van der Waals surface area contributed by atoms with Crippen LogP contribution in [0.4, 0.5) is 0 Å². The van der Waals surface area contributed by atoms with E-state index in [1.165, 1.54) is 0 Å². The average molecular weight is 486 g/mol. The van der Waals surface area contributed by atoms with Crippen LogP contribution in [0.1, 0.15) is 39.7 Å². The third kappa shape index (κ3) is 4.14. The van der Waals surface area contributed by atoms with Crippen LogP contribution in [-0.4, -0.2) is 41.6 Å². The Morgan fingerprint density at radius 1 is 1.12 bits per heavy atom. The van der Waals surface area contributed by atoms with E-state index in [4.69, 9.17) is 27.9 Å². The van der Waals surface area contributed by atoms with Gasteiger partial charge in [0, 0.05) is 41.6 Å². The lowest BCUT2D eigenvalue weighted by Gasteiger charge is -2.38. The summed E-state index contributed by atoms with van der Waals surface area (Å²) in [6.07, 6.45) is 1.55. The molecule has 2 N–H and O–H groups in total. The van der Waals surface area contributed by atoms with Crippen LogP contribution in [-0.2, 0) is 22.6 Å². The summed E-state index contributed by atoms with van der Waals surface area (Å²) in [4.78, 5) is 19.8. The van der Waals surface area contributed by atoms with Gasteiger partial charge in [-0.2, -0.15) is 0 Å². The van der Waals surface area contributed by atoms with Gasteiger partial charge in [-0.15, -0.1) is 0 Å². The minimum atomic E-state index is -1.19. The minimum absolute atomic E-state index is 0.198. The number of fused-ring (bicyclic) bond motifs is 1. The summed E-state index contributed by atoms with van der Waals surface area (Å²) < 4.78 is 6.14. The van der Waals surface area contributed by atoms with Gasteiger partial charge in [0.25, 0.3) is 5.91 Å². The fourth-order valence-corrected chi connectivity index (χ4v) is 4.64. The summed E-state index contributed by atoms with van der Waals surface area (Å²) in [6.45, 7) is 2.25. The summed E-state index contributed by atoms with van der Waals surface area (Å²) in [7, 11) is 3.34. The Morgan fingerprint density at radius 3 is 2.42 bits per heavy atom. The maximum absolute atomic E-state index is 13.8. The molecule has 172 valence electrons. The molecule has 4 rings (SSSR count). The molecule has 0 aliphatic carbocycles. The molecule has 0 fully saturated rings. The van der Waals surface area contributed by atoms with E-state index in [-0.39, 0.29) is 12.5 Å². The quantitative estimate of drug-likeness (QED) is 0.521. The highest BCUT2D eigenvalue weighted by Crippen LogP contribution is 2.46. The first-order valence-corrected chi connectivity index (χ1v) is 11.2. The van der Waals surface area contributed by atoms with Crippen LogP contribution >= 0.6 is 23.2 Å². The van der Waals surface area contributed by atoms with Crippen molar-refractivity contribution in [3.8, 4) is 0 Å². The van der Waals surface area contributed by atoms with Crippen LogP contribution in [0.5, 0.6) is 0 Å². The Balaban J connectivity index is 1.89. The van der Waals surface area contributed by atoms with Gasteiger partial charge in [0.05, 0.1) is 22.9 Å². The third-order valence-corrected chi connectivity index (χ3v) is 6.50. The molecule has 0 saturated heterocycles. The number of hydrogen-bond donors (Lipinski definition) is 2. The van der Waals surface area contributed by atoms with Gasteiger partial charge in [-0.3, -0.25) is 14.7 Å². The molecule has 6 nitrogen and oxygen atoms in total. The van der Waals surface area contributed by atoms with E-state index < -0.39 is 11.3 Å². The van der Waals surface area contributed by atoms with Crippen LogP contribution in [0.2, 0.25) is 10.0 Å². The van der Waals surface area contributed by atoms with Crippen molar-refractivity contribution in [1.29, 1.82) is 0 Å². The Morgan fingerprint density at radius 2 is 1.82 bits per heavy atom. The molecule has 0 saturated carbocycles. The number of aromatic nitrogens is 1. The molecule has 2 atom stereocenters. The SMILES string of the molecule is CNCC(C)(O)c1ccc2c(c1)C(=O)N(Cc1ccc(Cl)cn1)[C@@]2(OC)c1ccc(Cl)cc1. The molecule has 0 spiro atoms. The van der Waals surface area contributed by atoms with Crippen molar-refractivity contribution in [3.05, 3.63) is 98.8 Å². The first-order chi connectivity index (χ1) is 15.7. The predicted octanol–water partition coefficient (Wildman–Crippen LogP) is 4.32. The largest absolute Gasteiger partial charge is 0.384 e. The van der Waals surface area contributed by atoms with Gasteiger partial charge in [-0.25, -0.2) is 0 Å². The van der Waals surface area contributed by atoms with E-state index in [9.17, 15) is 9.90 Å². The number of rotatable bonds is 7. The fraction of sp³-hybridized carbons (Fsp3) is 0.280. The molecule has 1 aliphatic heterocycles. The minimum Gasteiger partial charge on any atom is -0.384 e. The van der Waals surface area contributed by atoms with Gasteiger partial charge < -0.3 is 15.2 Å². The van der Waals surface area contributed by atoms with Gasteiger partial charge in [0.2, 0.25) is 0 Å². The lowest BCUT2D eigenvalue weighted by Crippen LogP contribution is -2.45. The lowest BCUT2D eigenvalue weighted by molar-refractivity contribution is -0.0868. The molecule has 1 aliphatic rings. The number of ether oxygens (including phenoxy) is 1. The molecule has 0 radical (unpaired) electrons. The monoisotopic (exact) mass is 485 g/mol. The van der Waals surface area contributed by atoms with Crippen molar-refractivity contribution < 1.29 is 14.6 Å². The van der Waals surface area contributed by atoms with Crippen LogP contribution in [0.25, 0.3) is 0 Å². The van der Waals surface area contributed by atoms with E-state index in [2.05, 4.69) is 10.3 Å². The van der Waals surface area contributed by atoms with Gasteiger partial charge in [-0.1, -0.05) is 47.5 Å². The zero-order valence-electron chi connectivity index (χ0n) is 18.6. The van der Waals surface area contributed by atoms with Crippen molar-refractivity contribution in [2.24, 2.45) is 0 Å². The van der Waals surface area contributed by atoms with E-state index in [0.717, 1.165) is 5.56 Å². The normalized spacial score (nSPS) is 19.5. The number of likely N-dealkylation sites (N-methyl/N-ethyl adjacent to an activating group) is 1. The number of nitrogens with zero attached hydrogens (tertiary/aromatic N) is 2. The Bertz CT molecular complexity index is 1170. The second-order valence-electron chi connectivity index (χ2n) is 8.28. The van der Waals surface area contributed by atoms with Crippen LogP contribution in [0.3, 0.4) is 0 Å². The number of benzene rings is 2. The van der Waals surface area contributed by atoms with Gasteiger partial charge >= 0.3 is 0 Å². The first-order valence-electron chi connectivity index (χ1n) is 10.5. The van der Waals surface area contributed by atoms with Gasteiger partial charge in [0.15, 0.2) is 5.72 Å². The summed E-state index contributed by atoms with van der Waals surface area (Å²) in [5.74, 6) is -0.222. The van der Waals surface area contributed by atoms with Crippen molar-refractivity contribution in [1.82, 2.24) is 15.2 Å². The zero-order chi connectivity index (χ0) is 23.8. The number of hydrogen-bond acceptors (Lipinski definition) is 5. The van der Waals surface area contributed by atoms with Crippen LogP contribution in [0, 0.1) is 0 Å². The van der Waals surface area contributed by atoms with Gasteiger partial charge in [-0.05, 0) is 49.9 Å². The number of methoxy groups -OCH3 is 1. The van der Waals surface area contributed by atoms with Crippen molar-refractivity contribution in [2.75, 3.05) is 20.7 Å². The average Bonchev–Trinajstić information content (AvgIpc) is 3.04. The number of carbonyl (C=O) groups is 1. The molecule has 2 heterocycles. The molecule has 2 aromatic carbocycles. The molecular weight excluding hydrogens is 461 g/mol. The van der Waals surface area contributed by atoms with E-state index in [0.29, 0.717) is 39.0 Å². The van der Waals surface area contributed by atoms with Crippen molar-refractivity contribution in [3.63, 3.8) is 0 Å². The summed E-state index contributed by atoms with van der Waals surface area (Å²) in [6, 6.07) is 16.2. The van der Waals surface area contributed by atoms with Crippen LogP contribution in [0.15, 0.2) is 60.8 Å². The highest BCUT2D eigenvalue weighted by Gasteiger charge is 2.52. The summed E-state index contributed by atoms with van der Waals surface area (Å²) in [5, 5.41) is 15.0. The van der Waals surface area contributed by atoms with Crippen molar-refractivity contribution >= 4 is 29.1 Å².